The molecule has 2 aromatic carbocycles. The van der Waals surface area contributed by atoms with Crippen molar-refractivity contribution >= 4 is 40.8 Å². The number of carbonyl (C=O) groups excluding carboxylic acids is 2. The van der Waals surface area contributed by atoms with E-state index in [1.807, 2.05) is 0 Å². The van der Waals surface area contributed by atoms with Gasteiger partial charge >= 0.3 is 5.97 Å². The molecule has 0 aromatic heterocycles. The fourth-order valence-corrected chi connectivity index (χ4v) is 2.47. The van der Waals surface area contributed by atoms with E-state index in [1.165, 1.54) is 18.2 Å². The molecule has 0 spiro atoms. The Bertz CT molecular complexity index is 845. The van der Waals surface area contributed by atoms with E-state index >= 15 is 0 Å². The van der Waals surface area contributed by atoms with Crippen LogP contribution in [-0.4, -0.2) is 22.9 Å². The van der Waals surface area contributed by atoms with Gasteiger partial charge in [-0.25, -0.2) is 4.79 Å². The Morgan fingerprint density at radius 1 is 1.00 bits per heavy atom. The van der Waals surface area contributed by atoms with Crippen LogP contribution in [0.3, 0.4) is 0 Å². The van der Waals surface area contributed by atoms with Crippen molar-refractivity contribution in [3.8, 4) is 0 Å². The average molecular weight is 359 g/mol. The lowest BCUT2D eigenvalue weighted by molar-refractivity contribution is -0.117. The number of amides is 2. The number of rotatable bonds is 5. The molecule has 6 nitrogen and oxygen atoms in total. The number of carboxylic acids is 1. The summed E-state index contributed by atoms with van der Waals surface area (Å²) in [7, 11) is 0. The van der Waals surface area contributed by atoms with Gasteiger partial charge in [-0.2, -0.15) is 0 Å². The minimum atomic E-state index is -1.16. The van der Waals surface area contributed by atoms with E-state index in [-0.39, 0.29) is 23.1 Å². The molecule has 0 atom stereocenters. The van der Waals surface area contributed by atoms with Crippen LogP contribution < -0.4 is 10.6 Å². The van der Waals surface area contributed by atoms with E-state index in [4.69, 9.17) is 11.6 Å². The third-order valence-corrected chi connectivity index (χ3v) is 4.06. The van der Waals surface area contributed by atoms with E-state index in [9.17, 15) is 19.5 Å². The third-order valence-electron chi connectivity index (χ3n) is 3.82. The molecule has 0 aliphatic heterocycles. The van der Waals surface area contributed by atoms with Crippen molar-refractivity contribution in [2.75, 3.05) is 10.6 Å². The van der Waals surface area contributed by atoms with Crippen molar-refractivity contribution in [3.05, 3.63) is 58.6 Å². The van der Waals surface area contributed by atoms with Crippen molar-refractivity contribution in [2.45, 2.75) is 12.8 Å². The molecule has 3 rings (SSSR count). The fourth-order valence-electron chi connectivity index (χ4n) is 2.30. The fraction of sp³-hybridized carbons (Fsp3) is 0.167. The zero-order chi connectivity index (χ0) is 18.0. The van der Waals surface area contributed by atoms with Crippen LogP contribution in [0.25, 0.3) is 0 Å². The van der Waals surface area contributed by atoms with E-state index in [0.29, 0.717) is 16.3 Å². The Balaban J connectivity index is 1.72. The zero-order valence-electron chi connectivity index (χ0n) is 13.1. The van der Waals surface area contributed by atoms with Crippen LogP contribution in [0.5, 0.6) is 0 Å². The van der Waals surface area contributed by atoms with Gasteiger partial charge in [-0.15, -0.1) is 0 Å². The number of nitrogens with one attached hydrogen (secondary N) is 2. The quantitative estimate of drug-likeness (QED) is 0.760. The highest BCUT2D eigenvalue weighted by atomic mass is 35.5. The summed E-state index contributed by atoms with van der Waals surface area (Å²) in [5.41, 5.74) is 1.02. The summed E-state index contributed by atoms with van der Waals surface area (Å²) in [6.45, 7) is 0. The van der Waals surface area contributed by atoms with Crippen LogP contribution >= 0.6 is 11.6 Å². The lowest BCUT2D eigenvalue weighted by atomic mass is 10.1. The highest BCUT2D eigenvalue weighted by Gasteiger charge is 2.29. The smallest absolute Gasteiger partial charge is 0.337 e. The molecule has 0 saturated heterocycles. The molecule has 2 amide bonds. The summed E-state index contributed by atoms with van der Waals surface area (Å²) < 4.78 is 0. The van der Waals surface area contributed by atoms with E-state index in [0.717, 1.165) is 12.8 Å². The molecule has 2 aromatic rings. The number of hydrogen-bond acceptors (Lipinski definition) is 3. The standard InChI is InChI=1S/C18H15ClN2O4/c19-12-5-8-14(18(24)25)15(9-12)21-17(23)11-3-6-13(7-4-11)20-16(22)10-1-2-10/h3-10H,1-2H2,(H,20,22)(H,21,23)(H,24,25). The largest absolute Gasteiger partial charge is 0.478 e. The topological polar surface area (TPSA) is 95.5 Å². The Morgan fingerprint density at radius 2 is 1.68 bits per heavy atom. The second-order valence-corrected chi connectivity index (χ2v) is 6.23. The maximum atomic E-state index is 12.3. The lowest BCUT2D eigenvalue weighted by Gasteiger charge is -2.10. The van der Waals surface area contributed by atoms with Crippen molar-refractivity contribution in [2.24, 2.45) is 5.92 Å². The molecular weight excluding hydrogens is 344 g/mol. The molecule has 7 heteroatoms. The van der Waals surface area contributed by atoms with Gasteiger partial charge in [0, 0.05) is 22.2 Å². The first-order valence-electron chi connectivity index (χ1n) is 7.69. The Morgan fingerprint density at radius 3 is 2.28 bits per heavy atom. The minimum Gasteiger partial charge on any atom is -0.478 e. The summed E-state index contributed by atoms with van der Waals surface area (Å²) in [6.07, 6.45) is 1.83. The predicted molar refractivity (Wildman–Crippen MR) is 94.2 cm³/mol. The monoisotopic (exact) mass is 358 g/mol. The highest BCUT2D eigenvalue weighted by Crippen LogP contribution is 2.30. The van der Waals surface area contributed by atoms with Gasteiger partial charge in [0.2, 0.25) is 5.91 Å². The minimum absolute atomic E-state index is 0.0118. The van der Waals surface area contributed by atoms with Crippen LogP contribution in [0.1, 0.15) is 33.6 Å². The Kier molecular flexibility index (Phi) is 4.72. The number of carboxylic acid groups (broad SMARTS) is 1. The zero-order valence-corrected chi connectivity index (χ0v) is 13.8. The van der Waals surface area contributed by atoms with Crippen molar-refractivity contribution < 1.29 is 19.5 Å². The van der Waals surface area contributed by atoms with Crippen LogP contribution in [0.4, 0.5) is 11.4 Å². The maximum Gasteiger partial charge on any atom is 0.337 e. The molecule has 1 aliphatic rings. The molecule has 1 fully saturated rings. The molecule has 3 N–H and O–H groups in total. The molecule has 128 valence electrons. The van der Waals surface area contributed by atoms with Crippen molar-refractivity contribution in [1.29, 1.82) is 0 Å². The van der Waals surface area contributed by atoms with Gasteiger partial charge in [-0.3, -0.25) is 9.59 Å². The molecule has 1 saturated carbocycles. The number of hydrogen-bond donors (Lipinski definition) is 3. The van der Waals surface area contributed by atoms with Gasteiger partial charge in [-0.1, -0.05) is 11.6 Å². The number of anilines is 2. The normalized spacial score (nSPS) is 13.2. The van der Waals surface area contributed by atoms with Gasteiger partial charge in [0.25, 0.3) is 5.91 Å². The van der Waals surface area contributed by atoms with Crippen LogP contribution in [0, 0.1) is 5.92 Å². The number of aromatic carboxylic acids is 1. The molecule has 25 heavy (non-hydrogen) atoms. The van der Waals surface area contributed by atoms with E-state index in [1.54, 1.807) is 24.3 Å². The summed E-state index contributed by atoms with van der Waals surface area (Å²) in [5, 5.41) is 14.8. The van der Waals surface area contributed by atoms with Crippen LogP contribution in [-0.2, 0) is 4.79 Å². The SMILES string of the molecule is O=C(Nc1cc(Cl)ccc1C(=O)O)c1ccc(NC(=O)C2CC2)cc1. The molecule has 0 bridgehead atoms. The first-order valence-corrected chi connectivity index (χ1v) is 8.07. The predicted octanol–water partition coefficient (Wildman–Crippen LogP) is 3.64. The Labute approximate surface area is 148 Å². The second-order valence-electron chi connectivity index (χ2n) is 5.79. The van der Waals surface area contributed by atoms with Crippen LogP contribution in [0.2, 0.25) is 5.02 Å². The first-order chi connectivity index (χ1) is 11.9. The van der Waals surface area contributed by atoms with Crippen molar-refractivity contribution in [1.82, 2.24) is 0 Å². The van der Waals surface area contributed by atoms with Gasteiger partial charge in [0.15, 0.2) is 0 Å². The second kappa shape index (κ2) is 6.94. The van der Waals surface area contributed by atoms with Gasteiger partial charge < -0.3 is 15.7 Å². The highest BCUT2D eigenvalue weighted by molar-refractivity contribution is 6.31. The van der Waals surface area contributed by atoms with Gasteiger partial charge in [-0.05, 0) is 55.3 Å². The summed E-state index contributed by atoms with van der Waals surface area (Å²) in [5.74, 6) is -1.54. The van der Waals surface area contributed by atoms with E-state index in [2.05, 4.69) is 10.6 Å². The summed E-state index contributed by atoms with van der Waals surface area (Å²) in [4.78, 5) is 35.3. The summed E-state index contributed by atoms with van der Waals surface area (Å²) in [6, 6.07) is 10.5. The van der Waals surface area contributed by atoms with Gasteiger partial charge in [0.1, 0.15) is 0 Å². The number of carbonyl (C=O) groups is 3. The van der Waals surface area contributed by atoms with Crippen molar-refractivity contribution in [3.63, 3.8) is 0 Å². The Hall–Kier alpha value is -2.86. The lowest BCUT2D eigenvalue weighted by Crippen LogP contribution is -2.16. The average Bonchev–Trinajstić information content (AvgIpc) is 3.40. The first kappa shape index (κ1) is 17.0. The van der Waals surface area contributed by atoms with Crippen LogP contribution in [0.15, 0.2) is 42.5 Å². The molecule has 1 aliphatic carbocycles. The molecule has 0 radical (unpaired) electrons. The van der Waals surface area contributed by atoms with E-state index < -0.39 is 11.9 Å². The summed E-state index contributed by atoms with van der Waals surface area (Å²) >= 11 is 5.87. The maximum absolute atomic E-state index is 12.3. The van der Waals surface area contributed by atoms with Gasteiger partial charge in [0.05, 0.1) is 11.3 Å². The molecule has 0 unspecified atom stereocenters. The third kappa shape index (κ3) is 4.16. The molecular formula is C18H15ClN2O4. The molecule has 0 heterocycles. The number of halogens is 1. The number of benzene rings is 2.